The van der Waals surface area contributed by atoms with Crippen LogP contribution < -0.4 is 14.9 Å². The monoisotopic (exact) mass is 225 g/mol. The van der Waals surface area contributed by atoms with Gasteiger partial charge in [-0.3, -0.25) is 0 Å². The standard InChI is InChI=1S/C7H3BF5O2/c9-7(10)14-5-3-1-2-4(6(5)15-7)8(11,12)13/h1-3H/q-1. The van der Waals surface area contributed by atoms with Gasteiger partial charge in [-0.05, 0) is 6.07 Å². The highest BCUT2D eigenvalue weighted by molar-refractivity contribution is 6.74. The Labute approximate surface area is 80.7 Å². The van der Waals surface area contributed by atoms with Gasteiger partial charge in [-0.15, -0.1) is 8.78 Å². The third kappa shape index (κ3) is 1.71. The van der Waals surface area contributed by atoms with E-state index in [1.807, 2.05) is 0 Å². The van der Waals surface area contributed by atoms with E-state index in [0.29, 0.717) is 6.07 Å². The molecule has 2 nitrogen and oxygen atoms in total. The number of alkyl halides is 2. The zero-order chi connectivity index (χ0) is 11.3. The number of benzene rings is 1. The number of fused-ring (bicyclic) bond motifs is 1. The minimum Gasteiger partial charge on any atom is -0.445 e. The first-order valence-corrected chi connectivity index (χ1v) is 3.88. The third-order valence-corrected chi connectivity index (χ3v) is 1.81. The van der Waals surface area contributed by atoms with Crippen molar-refractivity contribution >= 4 is 12.4 Å². The highest BCUT2D eigenvalue weighted by Gasteiger charge is 2.46. The van der Waals surface area contributed by atoms with Crippen molar-refractivity contribution in [3.63, 3.8) is 0 Å². The van der Waals surface area contributed by atoms with E-state index in [4.69, 9.17) is 0 Å². The van der Waals surface area contributed by atoms with E-state index in [-0.39, 0.29) is 0 Å². The Morgan fingerprint density at radius 1 is 1.07 bits per heavy atom. The van der Waals surface area contributed by atoms with Crippen molar-refractivity contribution in [2.45, 2.75) is 6.29 Å². The number of halogens is 5. The highest BCUT2D eigenvalue weighted by atomic mass is 19.4. The van der Waals surface area contributed by atoms with Crippen molar-refractivity contribution in [3.8, 4) is 11.5 Å². The largest absolute Gasteiger partial charge is 0.586 e. The SMILES string of the molecule is F[B-](F)(F)c1cccc2c1OC(F)(F)O2. The van der Waals surface area contributed by atoms with Crippen molar-refractivity contribution in [1.29, 1.82) is 0 Å². The lowest BCUT2D eigenvalue weighted by Crippen LogP contribution is -2.36. The average molecular weight is 225 g/mol. The fourth-order valence-electron chi connectivity index (χ4n) is 1.25. The molecule has 0 saturated carbocycles. The third-order valence-electron chi connectivity index (χ3n) is 1.81. The van der Waals surface area contributed by atoms with E-state index in [9.17, 15) is 21.7 Å². The minimum atomic E-state index is -5.40. The van der Waals surface area contributed by atoms with Crippen molar-refractivity contribution in [2.24, 2.45) is 0 Å². The average Bonchev–Trinajstić information content (AvgIpc) is 2.35. The zero-order valence-electron chi connectivity index (χ0n) is 7.02. The van der Waals surface area contributed by atoms with Gasteiger partial charge >= 0.3 is 13.3 Å². The van der Waals surface area contributed by atoms with Gasteiger partial charge in [0.2, 0.25) is 0 Å². The van der Waals surface area contributed by atoms with Gasteiger partial charge in [0.15, 0.2) is 5.75 Å². The molecule has 1 aliphatic rings. The summed E-state index contributed by atoms with van der Waals surface area (Å²) in [6, 6.07) is 2.64. The molecule has 1 aliphatic heterocycles. The quantitative estimate of drug-likeness (QED) is 0.537. The van der Waals surface area contributed by atoms with Gasteiger partial charge in [0.25, 0.3) is 0 Å². The first-order valence-electron chi connectivity index (χ1n) is 3.88. The van der Waals surface area contributed by atoms with Crippen LogP contribution in [0.25, 0.3) is 0 Å². The van der Waals surface area contributed by atoms with E-state index in [0.717, 1.165) is 12.1 Å². The van der Waals surface area contributed by atoms with Gasteiger partial charge in [0, 0.05) is 0 Å². The van der Waals surface area contributed by atoms with E-state index >= 15 is 0 Å². The van der Waals surface area contributed by atoms with E-state index in [1.165, 1.54) is 0 Å². The second-order valence-electron chi connectivity index (χ2n) is 2.92. The molecule has 0 N–H and O–H groups in total. The molecule has 0 saturated heterocycles. The molecule has 1 heterocycles. The Morgan fingerprint density at radius 3 is 2.33 bits per heavy atom. The molecule has 0 aliphatic carbocycles. The maximum atomic E-state index is 12.5. The molecule has 0 unspecified atom stereocenters. The van der Waals surface area contributed by atoms with Crippen LogP contribution in [-0.4, -0.2) is 13.3 Å². The van der Waals surface area contributed by atoms with Gasteiger partial charge < -0.3 is 22.4 Å². The van der Waals surface area contributed by atoms with Gasteiger partial charge in [0.05, 0.1) is 0 Å². The Hall–Kier alpha value is -1.47. The van der Waals surface area contributed by atoms with Gasteiger partial charge in [0.1, 0.15) is 5.75 Å². The molecule has 0 bridgehead atoms. The second-order valence-corrected chi connectivity index (χ2v) is 2.92. The Balaban J connectivity index is 2.51. The first kappa shape index (κ1) is 10.1. The van der Waals surface area contributed by atoms with Crippen molar-refractivity contribution in [2.75, 3.05) is 0 Å². The van der Waals surface area contributed by atoms with E-state index in [1.54, 1.807) is 0 Å². The fourth-order valence-corrected chi connectivity index (χ4v) is 1.25. The highest BCUT2D eigenvalue weighted by Crippen LogP contribution is 2.40. The molecule has 15 heavy (non-hydrogen) atoms. The van der Waals surface area contributed by atoms with Crippen molar-refractivity contribution < 1.29 is 31.2 Å². The van der Waals surface area contributed by atoms with Crippen LogP contribution in [0, 0.1) is 0 Å². The number of para-hydroxylation sites is 1. The van der Waals surface area contributed by atoms with Crippen molar-refractivity contribution in [1.82, 2.24) is 0 Å². The van der Waals surface area contributed by atoms with Crippen LogP contribution in [0.1, 0.15) is 0 Å². The molecule has 1 aromatic carbocycles. The van der Waals surface area contributed by atoms with Crippen molar-refractivity contribution in [3.05, 3.63) is 18.2 Å². The zero-order valence-corrected chi connectivity index (χ0v) is 7.02. The van der Waals surface area contributed by atoms with Crippen LogP contribution >= 0.6 is 0 Å². The first-order chi connectivity index (χ1) is 6.80. The molecular weight excluding hydrogens is 222 g/mol. The molecule has 2 rings (SSSR count). The Morgan fingerprint density at radius 2 is 1.73 bits per heavy atom. The number of ether oxygens (including phenoxy) is 2. The fraction of sp³-hybridized carbons (Fsp3) is 0.143. The lowest BCUT2D eigenvalue weighted by Gasteiger charge is -2.16. The topological polar surface area (TPSA) is 18.5 Å². The summed E-state index contributed by atoms with van der Waals surface area (Å²) in [6.45, 7) is -5.40. The van der Waals surface area contributed by atoms with E-state index < -0.39 is 30.2 Å². The van der Waals surface area contributed by atoms with Crippen LogP contribution in [0.15, 0.2) is 18.2 Å². The lowest BCUT2D eigenvalue weighted by atomic mass is 9.79. The smallest absolute Gasteiger partial charge is 0.445 e. The number of hydrogen-bond acceptors (Lipinski definition) is 2. The van der Waals surface area contributed by atoms with Crippen LogP contribution in [-0.2, 0) is 0 Å². The molecule has 0 amide bonds. The molecule has 8 heteroatoms. The summed E-state index contributed by atoms with van der Waals surface area (Å²) >= 11 is 0. The molecule has 0 fully saturated rings. The molecule has 0 radical (unpaired) electrons. The summed E-state index contributed by atoms with van der Waals surface area (Å²) in [7, 11) is 0. The van der Waals surface area contributed by atoms with E-state index in [2.05, 4.69) is 9.47 Å². The predicted octanol–water partition coefficient (Wildman–Crippen LogP) is 2.06. The lowest BCUT2D eigenvalue weighted by molar-refractivity contribution is -0.286. The minimum absolute atomic E-state index is 0.600. The van der Waals surface area contributed by atoms with Crippen LogP contribution in [0.3, 0.4) is 0 Å². The van der Waals surface area contributed by atoms with Gasteiger partial charge in [-0.1, -0.05) is 17.6 Å². The number of hydrogen-bond donors (Lipinski definition) is 0. The van der Waals surface area contributed by atoms with Crippen LogP contribution in [0.2, 0.25) is 0 Å². The van der Waals surface area contributed by atoms with Crippen LogP contribution in [0.5, 0.6) is 11.5 Å². The number of rotatable bonds is 1. The summed E-state index contributed by atoms with van der Waals surface area (Å²) in [5.74, 6) is -1.55. The molecule has 82 valence electrons. The second kappa shape index (κ2) is 2.77. The molecule has 0 atom stereocenters. The molecular formula is C7H3BF5O2-. The summed E-state index contributed by atoms with van der Waals surface area (Å²) in [5.41, 5.74) is -1.22. The normalized spacial score (nSPS) is 17.9. The summed E-state index contributed by atoms with van der Waals surface area (Å²) in [5, 5.41) is 0. The van der Waals surface area contributed by atoms with Gasteiger partial charge in [-0.25, -0.2) is 0 Å². The Bertz CT molecular complexity index is 403. The van der Waals surface area contributed by atoms with Crippen LogP contribution in [0.4, 0.5) is 21.7 Å². The molecule has 0 spiro atoms. The summed E-state index contributed by atoms with van der Waals surface area (Å²) in [6.07, 6.45) is -4.03. The summed E-state index contributed by atoms with van der Waals surface area (Å²) in [4.78, 5) is 0. The maximum Gasteiger partial charge on any atom is 0.586 e. The molecule has 1 aromatic rings. The maximum absolute atomic E-state index is 12.5. The predicted molar refractivity (Wildman–Crippen MR) is 41.4 cm³/mol. The van der Waals surface area contributed by atoms with Gasteiger partial charge in [-0.2, -0.15) is 0 Å². The summed E-state index contributed by atoms with van der Waals surface area (Å²) < 4.78 is 69.8. The Kier molecular flexibility index (Phi) is 1.86. The molecule has 0 aromatic heterocycles.